The summed E-state index contributed by atoms with van der Waals surface area (Å²) in [6.07, 6.45) is 8.45. The fourth-order valence-corrected chi connectivity index (χ4v) is 3.34. The summed E-state index contributed by atoms with van der Waals surface area (Å²) >= 11 is 0. The summed E-state index contributed by atoms with van der Waals surface area (Å²) in [5.41, 5.74) is 1.15. The maximum absolute atomic E-state index is 6.30. The summed E-state index contributed by atoms with van der Waals surface area (Å²) in [6, 6.07) is 0. The molecule has 0 saturated carbocycles. The van der Waals surface area contributed by atoms with Crippen LogP contribution in [-0.4, -0.2) is 30.7 Å². The van der Waals surface area contributed by atoms with E-state index < -0.39 is 5.79 Å². The minimum Gasteiger partial charge on any atom is -0.370 e. The van der Waals surface area contributed by atoms with Gasteiger partial charge in [-0.25, -0.2) is 0 Å². The fraction of sp³-hybridized carbons (Fsp3) is 0.714. The molecule has 0 bridgehead atoms. The standard InChI is InChI=1S/C14H20O3/c1-3-8-16-13(2)9-12-14(17-13)7-5-4-6-11(14)10-15-12/h3,6,12H,1,4-5,7-10H2,2H3/t12-,13?,14-/m0/s1. The molecular formula is C14H20O3. The van der Waals surface area contributed by atoms with E-state index in [2.05, 4.69) is 12.7 Å². The zero-order valence-electron chi connectivity index (χ0n) is 10.4. The van der Waals surface area contributed by atoms with Gasteiger partial charge >= 0.3 is 0 Å². The van der Waals surface area contributed by atoms with E-state index in [1.54, 1.807) is 6.08 Å². The van der Waals surface area contributed by atoms with Crippen molar-refractivity contribution < 1.29 is 14.2 Å². The van der Waals surface area contributed by atoms with Crippen molar-refractivity contribution in [1.82, 2.24) is 0 Å². The van der Waals surface area contributed by atoms with Gasteiger partial charge in [-0.1, -0.05) is 12.2 Å². The highest BCUT2D eigenvalue weighted by molar-refractivity contribution is 5.30. The van der Waals surface area contributed by atoms with Crippen molar-refractivity contribution >= 4 is 0 Å². The molecule has 17 heavy (non-hydrogen) atoms. The van der Waals surface area contributed by atoms with Crippen LogP contribution in [-0.2, 0) is 14.2 Å². The van der Waals surface area contributed by atoms with Crippen LogP contribution in [0.25, 0.3) is 0 Å². The van der Waals surface area contributed by atoms with E-state index in [0.717, 1.165) is 25.9 Å². The second-order valence-electron chi connectivity index (χ2n) is 5.35. The van der Waals surface area contributed by atoms with Gasteiger partial charge in [0.2, 0.25) is 0 Å². The largest absolute Gasteiger partial charge is 0.370 e. The molecule has 2 heterocycles. The molecule has 0 radical (unpaired) electrons. The normalized spacial score (nSPS) is 44.1. The summed E-state index contributed by atoms with van der Waals surface area (Å²) in [7, 11) is 0. The highest BCUT2D eigenvalue weighted by Crippen LogP contribution is 2.52. The van der Waals surface area contributed by atoms with Crippen molar-refractivity contribution in [2.45, 2.75) is 50.1 Å². The Bertz CT molecular complexity index is 362. The van der Waals surface area contributed by atoms with Gasteiger partial charge in [-0.2, -0.15) is 0 Å². The SMILES string of the molecule is C=CCOC1(C)C[C@@H]2OCC3=CCCC[C@]32O1. The van der Waals surface area contributed by atoms with Crippen LogP contribution >= 0.6 is 0 Å². The van der Waals surface area contributed by atoms with Crippen LogP contribution in [0.5, 0.6) is 0 Å². The molecule has 3 heteroatoms. The zero-order chi connectivity index (χ0) is 11.9. The molecule has 94 valence electrons. The molecule has 3 nitrogen and oxygen atoms in total. The van der Waals surface area contributed by atoms with Gasteiger partial charge in [0.25, 0.3) is 0 Å². The summed E-state index contributed by atoms with van der Waals surface area (Å²) < 4.78 is 18.0. The number of hydrogen-bond acceptors (Lipinski definition) is 3. The molecule has 0 aromatic rings. The van der Waals surface area contributed by atoms with E-state index in [1.807, 2.05) is 6.92 Å². The maximum Gasteiger partial charge on any atom is 0.169 e. The third-order valence-corrected chi connectivity index (χ3v) is 4.11. The average molecular weight is 236 g/mol. The van der Waals surface area contributed by atoms with Gasteiger partial charge in [0.1, 0.15) is 5.60 Å². The molecule has 1 unspecified atom stereocenters. The lowest BCUT2D eigenvalue weighted by atomic mass is 9.81. The van der Waals surface area contributed by atoms with Crippen LogP contribution in [0.1, 0.15) is 32.6 Å². The maximum atomic E-state index is 6.30. The number of ether oxygens (including phenoxy) is 3. The topological polar surface area (TPSA) is 27.7 Å². The van der Waals surface area contributed by atoms with Gasteiger partial charge in [0.15, 0.2) is 5.79 Å². The Labute approximate surface area is 102 Å². The van der Waals surface area contributed by atoms with Crippen molar-refractivity contribution in [1.29, 1.82) is 0 Å². The second-order valence-corrected chi connectivity index (χ2v) is 5.35. The Kier molecular flexibility index (Phi) is 2.65. The van der Waals surface area contributed by atoms with Crippen molar-refractivity contribution in [3.63, 3.8) is 0 Å². The Morgan fingerprint density at radius 1 is 1.65 bits per heavy atom. The van der Waals surface area contributed by atoms with Crippen molar-refractivity contribution in [3.8, 4) is 0 Å². The summed E-state index contributed by atoms with van der Waals surface area (Å²) in [6.45, 7) is 6.96. The van der Waals surface area contributed by atoms with E-state index in [9.17, 15) is 0 Å². The number of rotatable bonds is 3. The predicted octanol–water partition coefficient (Wildman–Crippen LogP) is 2.57. The molecular weight excluding hydrogens is 216 g/mol. The lowest BCUT2D eigenvalue weighted by molar-refractivity contribution is -0.229. The Hall–Kier alpha value is -0.640. The first kappa shape index (κ1) is 11.5. The lowest BCUT2D eigenvalue weighted by Gasteiger charge is -2.34. The number of allylic oxidation sites excluding steroid dienone is 1. The Morgan fingerprint density at radius 2 is 2.53 bits per heavy atom. The van der Waals surface area contributed by atoms with Gasteiger partial charge in [-0.3, -0.25) is 0 Å². The van der Waals surface area contributed by atoms with E-state index in [-0.39, 0.29) is 11.7 Å². The zero-order valence-corrected chi connectivity index (χ0v) is 10.4. The molecule has 3 atom stereocenters. The first-order chi connectivity index (χ1) is 8.19. The lowest BCUT2D eigenvalue weighted by Crippen LogP contribution is -2.40. The van der Waals surface area contributed by atoms with Crippen LogP contribution in [0.3, 0.4) is 0 Å². The molecule has 0 aromatic carbocycles. The molecule has 3 aliphatic rings. The van der Waals surface area contributed by atoms with Gasteiger partial charge in [0, 0.05) is 6.42 Å². The van der Waals surface area contributed by atoms with E-state index >= 15 is 0 Å². The fourth-order valence-electron chi connectivity index (χ4n) is 3.34. The minimum atomic E-state index is -0.518. The highest BCUT2D eigenvalue weighted by atomic mass is 16.7. The molecule has 2 aliphatic heterocycles. The van der Waals surface area contributed by atoms with Crippen LogP contribution in [0.15, 0.2) is 24.3 Å². The van der Waals surface area contributed by atoms with E-state index in [1.165, 1.54) is 12.0 Å². The van der Waals surface area contributed by atoms with Crippen LogP contribution in [0.2, 0.25) is 0 Å². The van der Waals surface area contributed by atoms with Gasteiger partial charge < -0.3 is 14.2 Å². The predicted molar refractivity (Wildman–Crippen MR) is 64.7 cm³/mol. The molecule has 1 aliphatic carbocycles. The van der Waals surface area contributed by atoms with Crippen molar-refractivity contribution in [2.75, 3.05) is 13.2 Å². The van der Waals surface area contributed by atoms with Gasteiger partial charge in [0.05, 0.1) is 19.3 Å². The molecule has 0 amide bonds. The molecule has 2 saturated heterocycles. The van der Waals surface area contributed by atoms with E-state index in [0.29, 0.717) is 6.61 Å². The Morgan fingerprint density at radius 3 is 3.35 bits per heavy atom. The Balaban J connectivity index is 1.84. The van der Waals surface area contributed by atoms with E-state index in [4.69, 9.17) is 14.2 Å². The minimum absolute atomic E-state index is 0.170. The summed E-state index contributed by atoms with van der Waals surface area (Å²) in [5, 5.41) is 0. The van der Waals surface area contributed by atoms with Gasteiger partial charge in [-0.15, -0.1) is 6.58 Å². The third-order valence-electron chi connectivity index (χ3n) is 4.11. The smallest absolute Gasteiger partial charge is 0.169 e. The van der Waals surface area contributed by atoms with Crippen LogP contribution in [0.4, 0.5) is 0 Å². The highest BCUT2D eigenvalue weighted by Gasteiger charge is 2.60. The van der Waals surface area contributed by atoms with Crippen LogP contribution < -0.4 is 0 Å². The summed E-state index contributed by atoms with van der Waals surface area (Å²) in [4.78, 5) is 0. The van der Waals surface area contributed by atoms with Gasteiger partial charge in [-0.05, 0) is 31.8 Å². The third kappa shape index (κ3) is 1.68. The van der Waals surface area contributed by atoms with Crippen molar-refractivity contribution in [3.05, 3.63) is 24.3 Å². The molecule has 0 aromatic heterocycles. The number of hydrogen-bond donors (Lipinski definition) is 0. The first-order valence-electron chi connectivity index (χ1n) is 6.45. The second kappa shape index (κ2) is 3.94. The molecule has 3 rings (SSSR count). The van der Waals surface area contributed by atoms with Crippen LogP contribution in [0, 0.1) is 0 Å². The average Bonchev–Trinajstić information content (AvgIpc) is 2.77. The quantitative estimate of drug-likeness (QED) is 0.705. The first-order valence-corrected chi connectivity index (χ1v) is 6.45. The molecule has 0 N–H and O–H groups in total. The molecule has 1 spiro atoms. The monoisotopic (exact) mass is 236 g/mol. The molecule has 2 fully saturated rings. The van der Waals surface area contributed by atoms with Crippen molar-refractivity contribution in [2.24, 2.45) is 0 Å². The summed E-state index contributed by atoms with van der Waals surface area (Å²) in [5.74, 6) is -0.518.